The van der Waals surface area contributed by atoms with Crippen molar-refractivity contribution in [2.75, 3.05) is 13.6 Å². The maximum atomic E-state index is 13.4. The standard InChI is InChI=1S/C14H20F2N2/c1-10-7-13(5-6-18(10)2)17-9-11-8-12(15)3-4-14(11)16/h3-4,8,10,13,17H,5-7,9H2,1-2H3. The Morgan fingerprint density at radius 1 is 1.39 bits per heavy atom. The highest BCUT2D eigenvalue weighted by Gasteiger charge is 2.22. The molecule has 1 heterocycles. The van der Waals surface area contributed by atoms with Crippen LogP contribution in [0.1, 0.15) is 25.3 Å². The van der Waals surface area contributed by atoms with Crippen LogP contribution in [-0.2, 0) is 6.54 Å². The number of benzene rings is 1. The van der Waals surface area contributed by atoms with Crippen LogP contribution in [0.15, 0.2) is 18.2 Å². The summed E-state index contributed by atoms with van der Waals surface area (Å²) in [5.74, 6) is -0.727. The molecule has 0 amide bonds. The van der Waals surface area contributed by atoms with E-state index in [-0.39, 0.29) is 11.6 Å². The minimum atomic E-state index is -0.384. The lowest BCUT2D eigenvalue weighted by Crippen LogP contribution is -2.45. The summed E-state index contributed by atoms with van der Waals surface area (Å²) < 4.78 is 26.5. The van der Waals surface area contributed by atoms with E-state index in [4.69, 9.17) is 0 Å². The van der Waals surface area contributed by atoms with Gasteiger partial charge in [0, 0.05) is 24.2 Å². The molecule has 0 aliphatic carbocycles. The van der Waals surface area contributed by atoms with Crippen molar-refractivity contribution < 1.29 is 8.78 Å². The van der Waals surface area contributed by atoms with Crippen molar-refractivity contribution in [2.24, 2.45) is 0 Å². The topological polar surface area (TPSA) is 15.3 Å². The number of likely N-dealkylation sites (tertiary alicyclic amines) is 1. The number of nitrogens with one attached hydrogen (secondary N) is 1. The monoisotopic (exact) mass is 254 g/mol. The van der Waals surface area contributed by atoms with Gasteiger partial charge in [-0.15, -0.1) is 0 Å². The molecule has 0 bridgehead atoms. The van der Waals surface area contributed by atoms with Crippen LogP contribution in [0.3, 0.4) is 0 Å². The van der Waals surface area contributed by atoms with Crippen LogP contribution >= 0.6 is 0 Å². The summed E-state index contributed by atoms with van der Waals surface area (Å²) >= 11 is 0. The van der Waals surface area contributed by atoms with Crippen LogP contribution in [0.2, 0.25) is 0 Å². The van der Waals surface area contributed by atoms with Crippen molar-refractivity contribution in [3.8, 4) is 0 Å². The van der Waals surface area contributed by atoms with Gasteiger partial charge < -0.3 is 10.2 Å². The molecule has 1 aromatic carbocycles. The van der Waals surface area contributed by atoms with Gasteiger partial charge in [-0.3, -0.25) is 0 Å². The molecule has 0 aromatic heterocycles. The summed E-state index contributed by atoms with van der Waals surface area (Å²) in [6.45, 7) is 3.63. The minimum absolute atomic E-state index is 0.343. The lowest BCUT2D eigenvalue weighted by molar-refractivity contribution is 0.168. The number of halogens is 2. The zero-order valence-electron chi connectivity index (χ0n) is 10.9. The van der Waals surface area contributed by atoms with Crippen LogP contribution in [0.4, 0.5) is 8.78 Å². The molecule has 2 atom stereocenters. The first kappa shape index (κ1) is 13.4. The number of rotatable bonds is 3. The molecule has 18 heavy (non-hydrogen) atoms. The normalized spacial score (nSPS) is 25.3. The van der Waals surface area contributed by atoms with Crippen LogP contribution in [-0.4, -0.2) is 30.6 Å². The lowest BCUT2D eigenvalue weighted by Gasteiger charge is -2.35. The van der Waals surface area contributed by atoms with E-state index in [9.17, 15) is 8.78 Å². The second kappa shape index (κ2) is 5.76. The quantitative estimate of drug-likeness (QED) is 0.891. The average Bonchev–Trinajstić information content (AvgIpc) is 2.34. The number of hydrogen-bond donors (Lipinski definition) is 1. The average molecular weight is 254 g/mol. The minimum Gasteiger partial charge on any atom is -0.310 e. The Morgan fingerprint density at radius 3 is 2.89 bits per heavy atom. The van der Waals surface area contributed by atoms with Crippen molar-refractivity contribution in [3.05, 3.63) is 35.4 Å². The van der Waals surface area contributed by atoms with E-state index in [1.807, 2.05) is 0 Å². The predicted molar refractivity (Wildman–Crippen MR) is 68.3 cm³/mol. The van der Waals surface area contributed by atoms with E-state index in [1.54, 1.807) is 0 Å². The Kier molecular flexibility index (Phi) is 4.30. The molecule has 1 aliphatic heterocycles. The molecule has 4 heteroatoms. The summed E-state index contributed by atoms with van der Waals surface area (Å²) in [6, 6.07) is 4.52. The molecule has 2 nitrogen and oxygen atoms in total. The third kappa shape index (κ3) is 3.27. The molecule has 1 fully saturated rings. The Morgan fingerprint density at radius 2 is 2.17 bits per heavy atom. The first-order valence-corrected chi connectivity index (χ1v) is 6.44. The highest BCUT2D eigenvalue weighted by Crippen LogP contribution is 2.16. The number of piperidine rings is 1. The van der Waals surface area contributed by atoms with E-state index in [1.165, 1.54) is 12.1 Å². The molecular weight excluding hydrogens is 234 g/mol. The zero-order chi connectivity index (χ0) is 13.1. The van der Waals surface area contributed by atoms with Gasteiger partial charge in [0.2, 0.25) is 0 Å². The zero-order valence-corrected chi connectivity index (χ0v) is 10.9. The Balaban J connectivity index is 1.90. The second-order valence-electron chi connectivity index (χ2n) is 5.17. The van der Waals surface area contributed by atoms with Crippen LogP contribution in [0.25, 0.3) is 0 Å². The van der Waals surface area contributed by atoms with Crippen LogP contribution in [0, 0.1) is 11.6 Å². The van der Waals surface area contributed by atoms with Crippen molar-refractivity contribution in [1.82, 2.24) is 10.2 Å². The van der Waals surface area contributed by atoms with Gasteiger partial charge in [-0.2, -0.15) is 0 Å². The highest BCUT2D eigenvalue weighted by atomic mass is 19.1. The highest BCUT2D eigenvalue weighted by molar-refractivity contribution is 5.18. The fourth-order valence-electron chi connectivity index (χ4n) is 2.41. The van der Waals surface area contributed by atoms with Gasteiger partial charge in [0.05, 0.1) is 0 Å². The van der Waals surface area contributed by atoms with Gasteiger partial charge in [0.15, 0.2) is 0 Å². The van der Waals surface area contributed by atoms with E-state index in [0.29, 0.717) is 24.2 Å². The molecule has 2 rings (SSSR count). The summed E-state index contributed by atoms with van der Waals surface area (Å²) in [5, 5.41) is 3.32. The van der Waals surface area contributed by atoms with Crippen LogP contribution < -0.4 is 5.32 Å². The second-order valence-corrected chi connectivity index (χ2v) is 5.17. The molecular formula is C14H20F2N2. The molecule has 100 valence electrons. The van der Waals surface area contributed by atoms with Gasteiger partial charge in [-0.1, -0.05) is 0 Å². The molecule has 1 aliphatic rings. The van der Waals surface area contributed by atoms with Gasteiger partial charge in [-0.05, 0) is 51.6 Å². The summed E-state index contributed by atoms with van der Waals surface area (Å²) in [7, 11) is 2.12. The van der Waals surface area contributed by atoms with E-state index < -0.39 is 0 Å². The molecule has 0 spiro atoms. The maximum absolute atomic E-state index is 13.4. The summed E-state index contributed by atoms with van der Waals surface area (Å²) in [5.41, 5.74) is 0.404. The Labute approximate surface area is 107 Å². The smallest absolute Gasteiger partial charge is 0.127 e. The van der Waals surface area contributed by atoms with Gasteiger partial charge in [0.25, 0.3) is 0 Å². The molecule has 1 aromatic rings. The van der Waals surface area contributed by atoms with Crippen molar-refractivity contribution in [2.45, 2.75) is 38.4 Å². The van der Waals surface area contributed by atoms with E-state index >= 15 is 0 Å². The fourth-order valence-corrected chi connectivity index (χ4v) is 2.41. The summed E-state index contributed by atoms with van der Waals surface area (Å²) in [4.78, 5) is 2.32. The third-order valence-electron chi connectivity index (χ3n) is 3.80. The molecule has 1 N–H and O–H groups in total. The Bertz CT molecular complexity index is 409. The molecule has 2 unspecified atom stereocenters. The third-order valence-corrected chi connectivity index (χ3v) is 3.80. The Hall–Kier alpha value is -1.00. The number of hydrogen-bond acceptors (Lipinski definition) is 2. The van der Waals surface area contributed by atoms with Gasteiger partial charge in [-0.25, -0.2) is 8.78 Å². The predicted octanol–water partition coefficient (Wildman–Crippen LogP) is 2.54. The van der Waals surface area contributed by atoms with Gasteiger partial charge >= 0.3 is 0 Å². The SMILES string of the molecule is CC1CC(NCc2cc(F)ccc2F)CCN1C. The van der Waals surface area contributed by atoms with E-state index in [0.717, 1.165) is 25.5 Å². The van der Waals surface area contributed by atoms with Crippen molar-refractivity contribution in [3.63, 3.8) is 0 Å². The molecule has 1 saturated heterocycles. The lowest BCUT2D eigenvalue weighted by atomic mass is 9.98. The molecule has 0 saturated carbocycles. The fraction of sp³-hybridized carbons (Fsp3) is 0.571. The van der Waals surface area contributed by atoms with Crippen molar-refractivity contribution in [1.29, 1.82) is 0 Å². The largest absolute Gasteiger partial charge is 0.310 e. The van der Waals surface area contributed by atoms with E-state index in [2.05, 4.69) is 24.2 Å². The van der Waals surface area contributed by atoms with Crippen molar-refractivity contribution >= 4 is 0 Å². The first-order valence-electron chi connectivity index (χ1n) is 6.44. The molecule has 0 radical (unpaired) electrons. The van der Waals surface area contributed by atoms with Gasteiger partial charge in [0.1, 0.15) is 11.6 Å². The van der Waals surface area contributed by atoms with Crippen LogP contribution in [0.5, 0.6) is 0 Å². The summed E-state index contributed by atoms with van der Waals surface area (Å²) in [6.07, 6.45) is 2.10. The first-order chi connectivity index (χ1) is 8.56. The maximum Gasteiger partial charge on any atom is 0.127 e. The number of nitrogens with zero attached hydrogens (tertiary/aromatic N) is 1.